The Morgan fingerprint density at radius 3 is 2.12 bits per heavy atom. The summed E-state index contributed by atoms with van der Waals surface area (Å²) in [5.74, 6) is 0. The van der Waals surface area contributed by atoms with Crippen LogP contribution in [0.15, 0.2) is 48.5 Å². The fourth-order valence-corrected chi connectivity index (χ4v) is 2.24. The third-order valence-corrected chi connectivity index (χ3v) is 3.46. The van der Waals surface area contributed by atoms with Crippen LogP contribution >= 0.6 is 23.2 Å². The largest absolute Gasteiger partial charge is 0.397 e. The molecule has 0 fully saturated rings. The van der Waals surface area contributed by atoms with Gasteiger partial charge in [0.15, 0.2) is 4.33 Å². The summed E-state index contributed by atoms with van der Waals surface area (Å²) >= 11 is 12.8. The molecule has 0 aliphatic rings. The summed E-state index contributed by atoms with van der Waals surface area (Å²) < 4.78 is -1.19. The first-order valence-electron chi connectivity index (χ1n) is 5.11. The molecule has 0 unspecified atom stereocenters. The van der Waals surface area contributed by atoms with E-state index in [1.165, 1.54) is 0 Å². The molecule has 0 aromatic heterocycles. The Morgan fingerprint density at radius 2 is 1.47 bits per heavy atom. The highest BCUT2D eigenvalue weighted by Gasteiger charge is 2.31. The van der Waals surface area contributed by atoms with Crippen molar-refractivity contribution in [2.24, 2.45) is 0 Å². The lowest BCUT2D eigenvalue weighted by atomic mass is 10.0. The highest BCUT2D eigenvalue weighted by Crippen LogP contribution is 2.44. The van der Waals surface area contributed by atoms with Crippen LogP contribution in [-0.2, 0) is 4.33 Å². The van der Waals surface area contributed by atoms with E-state index < -0.39 is 4.33 Å². The van der Waals surface area contributed by atoms with Crippen molar-refractivity contribution < 1.29 is 0 Å². The minimum absolute atomic E-state index is 0.418. The molecule has 2 aromatic carbocycles. The first kappa shape index (κ1) is 12.1. The van der Waals surface area contributed by atoms with Crippen LogP contribution in [-0.4, -0.2) is 0 Å². The molecule has 2 nitrogen and oxygen atoms in total. The molecule has 2 aromatic rings. The zero-order chi connectivity index (χ0) is 12.5. The zero-order valence-electron chi connectivity index (χ0n) is 9.03. The van der Waals surface area contributed by atoms with Gasteiger partial charge in [-0.15, -0.1) is 0 Å². The van der Waals surface area contributed by atoms with Crippen molar-refractivity contribution in [1.29, 1.82) is 0 Å². The molecule has 0 spiro atoms. The second kappa shape index (κ2) is 4.47. The fraction of sp³-hybridized carbons (Fsp3) is 0.0769. The van der Waals surface area contributed by atoms with Crippen LogP contribution in [0.25, 0.3) is 0 Å². The molecule has 4 heteroatoms. The second-order valence-corrected chi connectivity index (χ2v) is 5.08. The molecule has 88 valence electrons. The van der Waals surface area contributed by atoms with Crippen LogP contribution in [0.2, 0.25) is 0 Å². The van der Waals surface area contributed by atoms with Gasteiger partial charge >= 0.3 is 0 Å². The number of nitrogens with two attached hydrogens (primary N) is 2. The van der Waals surface area contributed by atoms with E-state index in [0.29, 0.717) is 16.9 Å². The molecule has 0 atom stereocenters. The summed E-state index contributed by atoms with van der Waals surface area (Å²) in [4.78, 5) is 0. The molecule has 4 N–H and O–H groups in total. The van der Waals surface area contributed by atoms with Crippen molar-refractivity contribution in [3.05, 3.63) is 59.7 Å². The summed E-state index contributed by atoms with van der Waals surface area (Å²) in [6.07, 6.45) is 0. The number of para-hydroxylation sites is 1. The van der Waals surface area contributed by atoms with Crippen molar-refractivity contribution in [2.75, 3.05) is 11.5 Å². The second-order valence-electron chi connectivity index (χ2n) is 3.75. The number of hydrogen-bond donors (Lipinski definition) is 2. The summed E-state index contributed by atoms with van der Waals surface area (Å²) in [6.45, 7) is 0. The SMILES string of the molecule is Nc1cccc(C(Cl)(Cl)c2ccccc2)c1N. The Labute approximate surface area is 110 Å². The maximum atomic E-state index is 6.39. The predicted molar refractivity (Wildman–Crippen MR) is 74.2 cm³/mol. The van der Waals surface area contributed by atoms with Crippen LogP contribution in [0.1, 0.15) is 11.1 Å². The Morgan fingerprint density at radius 1 is 0.824 bits per heavy atom. The molecule has 0 amide bonds. The lowest BCUT2D eigenvalue weighted by Crippen LogP contribution is -2.15. The van der Waals surface area contributed by atoms with Crippen LogP contribution in [0.4, 0.5) is 11.4 Å². The zero-order valence-corrected chi connectivity index (χ0v) is 10.5. The number of nitrogen functional groups attached to an aromatic ring is 2. The molecular formula is C13H12Cl2N2. The summed E-state index contributed by atoms with van der Waals surface area (Å²) in [7, 11) is 0. The van der Waals surface area contributed by atoms with Gasteiger partial charge in [0.25, 0.3) is 0 Å². The van der Waals surface area contributed by atoms with Crippen LogP contribution in [0.3, 0.4) is 0 Å². The highest BCUT2D eigenvalue weighted by molar-refractivity contribution is 6.50. The Bertz CT molecular complexity index is 524. The van der Waals surface area contributed by atoms with Gasteiger partial charge in [0, 0.05) is 5.56 Å². The predicted octanol–water partition coefficient (Wildman–Crippen LogP) is 3.53. The molecule has 0 bridgehead atoms. The van der Waals surface area contributed by atoms with E-state index in [2.05, 4.69) is 0 Å². The van der Waals surface area contributed by atoms with E-state index >= 15 is 0 Å². The molecule has 17 heavy (non-hydrogen) atoms. The van der Waals surface area contributed by atoms with Gasteiger partial charge in [-0.2, -0.15) is 0 Å². The van der Waals surface area contributed by atoms with Crippen molar-refractivity contribution >= 4 is 34.6 Å². The number of benzene rings is 2. The van der Waals surface area contributed by atoms with Crippen LogP contribution in [0.5, 0.6) is 0 Å². The quantitative estimate of drug-likeness (QED) is 0.646. The van der Waals surface area contributed by atoms with E-state index in [9.17, 15) is 0 Å². The van der Waals surface area contributed by atoms with Gasteiger partial charge in [0.05, 0.1) is 11.4 Å². The van der Waals surface area contributed by atoms with Gasteiger partial charge < -0.3 is 11.5 Å². The van der Waals surface area contributed by atoms with Gasteiger partial charge in [-0.3, -0.25) is 0 Å². The van der Waals surface area contributed by atoms with E-state index in [4.69, 9.17) is 34.7 Å². The molecule has 0 heterocycles. The number of anilines is 2. The number of hydrogen-bond acceptors (Lipinski definition) is 2. The summed E-state index contributed by atoms with van der Waals surface area (Å²) in [5.41, 5.74) is 13.9. The average molecular weight is 267 g/mol. The van der Waals surface area contributed by atoms with E-state index in [-0.39, 0.29) is 0 Å². The van der Waals surface area contributed by atoms with Crippen molar-refractivity contribution in [1.82, 2.24) is 0 Å². The maximum absolute atomic E-state index is 6.39. The molecular weight excluding hydrogens is 255 g/mol. The average Bonchev–Trinajstić information content (AvgIpc) is 2.33. The standard InChI is InChI=1S/C13H12Cl2N2/c14-13(15,9-5-2-1-3-6-9)10-7-4-8-11(16)12(10)17/h1-8H,16-17H2. The normalized spacial score (nSPS) is 11.4. The molecule has 0 radical (unpaired) electrons. The Hall–Kier alpha value is -1.38. The van der Waals surface area contributed by atoms with Gasteiger partial charge in [-0.05, 0) is 11.6 Å². The first-order chi connectivity index (χ1) is 8.03. The third-order valence-electron chi connectivity index (χ3n) is 2.61. The summed E-state index contributed by atoms with van der Waals surface area (Å²) in [6, 6.07) is 14.6. The van der Waals surface area contributed by atoms with Crippen molar-refractivity contribution in [3.8, 4) is 0 Å². The Balaban J connectivity index is 2.56. The van der Waals surface area contributed by atoms with E-state index in [1.807, 2.05) is 30.3 Å². The van der Waals surface area contributed by atoms with Gasteiger partial charge in [-0.25, -0.2) is 0 Å². The Kier molecular flexibility index (Phi) is 3.18. The molecule has 0 saturated heterocycles. The highest BCUT2D eigenvalue weighted by atomic mass is 35.5. The van der Waals surface area contributed by atoms with E-state index in [1.54, 1.807) is 18.2 Å². The molecule has 0 aliphatic heterocycles. The van der Waals surface area contributed by atoms with Crippen molar-refractivity contribution in [2.45, 2.75) is 4.33 Å². The molecule has 2 rings (SSSR count). The maximum Gasteiger partial charge on any atom is 0.170 e. The lowest BCUT2D eigenvalue weighted by Gasteiger charge is -2.23. The van der Waals surface area contributed by atoms with Crippen molar-refractivity contribution in [3.63, 3.8) is 0 Å². The monoisotopic (exact) mass is 266 g/mol. The number of alkyl halides is 2. The third kappa shape index (κ3) is 2.19. The fourth-order valence-electron chi connectivity index (χ4n) is 1.66. The first-order valence-corrected chi connectivity index (χ1v) is 5.87. The topological polar surface area (TPSA) is 52.0 Å². The summed E-state index contributed by atoms with van der Waals surface area (Å²) in [5, 5.41) is 0. The minimum Gasteiger partial charge on any atom is -0.397 e. The molecule has 0 saturated carbocycles. The smallest absolute Gasteiger partial charge is 0.170 e. The lowest BCUT2D eigenvalue weighted by molar-refractivity contribution is 1.04. The number of rotatable bonds is 2. The minimum atomic E-state index is -1.19. The van der Waals surface area contributed by atoms with Gasteiger partial charge in [0.1, 0.15) is 0 Å². The number of halogens is 2. The van der Waals surface area contributed by atoms with Gasteiger partial charge in [0.2, 0.25) is 0 Å². The van der Waals surface area contributed by atoms with E-state index in [0.717, 1.165) is 5.56 Å². The van der Waals surface area contributed by atoms with Crippen LogP contribution in [0, 0.1) is 0 Å². The molecule has 0 aliphatic carbocycles. The van der Waals surface area contributed by atoms with Gasteiger partial charge in [-0.1, -0.05) is 65.7 Å². The van der Waals surface area contributed by atoms with Crippen LogP contribution < -0.4 is 11.5 Å².